The smallest absolute Gasteiger partial charge is 0.321 e. The highest BCUT2D eigenvalue weighted by Gasteiger charge is 2.31. The molecule has 0 aromatic rings. The number of hydrogen-bond donors (Lipinski definition) is 2. The number of piperazine rings is 1. The Bertz CT molecular complexity index is 455. The van der Waals surface area contributed by atoms with Crippen molar-refractivity contribution in [1.29, 1.82) is 0 Å². The second-order valence-electron chi connectivity index (χ2n) is 6.72. The molecule has 1 saturated heterocycles. The Morgan fingerprint density at radius 3 is 2.25 bits per heavy atom. The summed E-state index contributed by atoms with van der Waals surface area (Å²) in [7, 11) is 0. The van der Waals surface area contributed by atoms with Gasteiger partial charge in [0.05, 0.1) is 6.04 Å². The molecule has 2 rings (SSSR count). The fourth-order valence-electron chi connectivity index (χ4n) is 3.52. The molecule has 7 heteroatoms. The van der Waals surface area contributed by atoms with Crippen LogP contribution in [0.2, 0.25) is 0 Å². The number of carbonyl (C=O) groups excluding carboxylic acids is 3. The van der Waals surface area contributed by atoms with E-state index in [2.05, 4.69) is 10.6 Å². The Hall–Kier alpha value is -1.63. The zero-order valence-electron chi connectivity index (χ0n) is 14.8. The van der Waals surface area contributed by atoms with Crippen LogP contribution in [-0.2, 0) is 9.59 Å². The van der Waals surface area contributed by atoms with Gasteiger partial charge in [0.1, 0.15) is 0 Å². The molecule has 2 N–H and O–H groups in total. The highest BCUT2D eigenvalue weighted by Crippen LogP contribution is 2.25. The topological polar surface area (TPSA) is 81.8 Å². The van der Waals surface area contributed by atoms with Crippen molar-refractivity contribution < 1.29 is 14.4 Å². The lowest BCUT2D eigenvalue weighted by atomic mass is 9.88. The van der Waals surface area contributed by atoms with Gasteiger partial charge in [-0.1, -0.05) is 19.3 Å². The normalized spacial score (nSPS) is 21.2. The Kier molecular flexibility index (Phi) is 7.02. The first-order valence-corrected chi connectivity index (χ1v) is 9.14. The van der Waals surface area contributed by atoms with Crippen molar-refractivity contribution in [2.24, 2.45) is 5.92 Å². The third kappa shape index (κ3) is 4.93. The first-order chi connectivity index (χ1) is 11.5. The van der Waals surface area contributed by atoms with E-state index >= 15 is 0 Å². The molecule has 7 nitrogen and oxygen atoms in total. The summed E-state index contributed by atoms with van der Waals surface area (Å²) in [5, 5.41) is 4.90. The molecule has 1 aliphatic carbocycles. The van der Waals surface area contributed by atoms with Gasteiger partial charge in [0.15, 0.2) is 0 Å². The molecule has 1 heterocycles. The van der Waals surface area contributed by atoms with E-state index in [1.165, 1.54) is 6.42 Å². The molecular formula is C17H30N4O3. The first kappa shape index (κ1) is 18.7. The number of urea groups is 1. The zero-order chi connectivity index (χ0) is 17.5. The lowest BCUT2D eigenvalue weighted by Crippen LogP contribution is -2.56. The van der Waals surface area contributed by atoms with Crippen LogP contribution in [0.3, 0.4) is 0 Å². The molecule has 0 spiro atoms. The first-order valence-electron chi connectivity index (χ1n) is 9.14. The number of rotatable bonds is 4. The molecule has 1 unspecified atom stereocenters. The van der Waals surface area contributed by atoms with Gasteiger partial charge in [0.2, 0.25) is 11.8 Å². The number of amides is 4. The standard InChI is InChI=1S/C17H30N4O3/c1-3-18-17(24)19-15(22)13(2)20-9-11-21(12-10-20)16(23)14-7-5-4-6-8-14/h13-14H,3-12H2,1-2H3,(H2,18,19,22,24). The number of hydrogen-bond acceptors (Lipinski definition) is 4. The van der Waals surface area contributed by atoms with Crippen LogP contribution in [0.4, 0.5) is 4.79 Å². The molecule has 4 amide bonds. The Balaban J connectivity index is 1.77. The van der Waals surface area contributed by atoms with Crippen LogP contribution in [-0.4, -0.2) is 66.4 Å². The number of nitrogens with zero attached hydrogens (tertiary/aromatic N) is 2. The number of imide groups is 1. The van der Waals surface area contributed by atoms with Gasteiger partial charge < -0.3 is 10.2 Å². The van der Waals surface area contributed by atoms with Crippen molar-refractivity contribution in [2.45, 2.75) is 52.0 Å². The van der Waals surface area contributed by atoms with Crippen molar-refractivity contribution in [3.8, 4) is 0 Å². The van der Waals surface area contributed by atoms with Gasteiger partial charge in [-0.3, -0.25) is 19.8 Å². The minimum absolute atomic E-state index is 0.198. The van der Waals surface area contributed by atoms with Crippen LogP contribution >= 0.6 is 0 Å². The SMILES string of the molecule is CCNC(=O)NC(=O)C(C)N1CCN(C(=O)C2CCCCC2)CC1. The van der Waals surface area contributed by atoms with E-state index < -0.39 is 6.03 Å². The molecule has 136 valence electrons. The molecule has 1 aliphatic heterocycles. The average molecular weight is 338 g/mol. The lowest BCUT2D eigenvalue weighted by molar-refractivity contribution is -0.139. The Morgan fingerprint density at radius 1 is 1.04 bits per heavy atom. The highest BCUT2D eigenvalue weighted by molar-refractivity contribution is 5.96. The molecule has 1 saturated carbocycles. The minimum Gasteiger partial charge on any atom is -0.340 e. The van der Waals surface area contributed by atoms with Gasteiger partial charge in [-0.05, 0) is 26.7 Å². The zero-order valence-corrected chi connectivity index (χ0v) is 14.8. The van der Waals surface area contributed by atoms with Crippen molar-refractivity contribution in [2.75, 3.05) is 32.7 Å². The van der Waals surface area contributed by atoms with Crippen LogP contribution in [0.5, 0.6) is 0 Å². The third-order valence-corrected chi connectivity index (χ3v) is 5.08. The van der Waals surface area contributed by atoms with Crippen molar-refractivity contribution in [3.05, 3.63) is 0 Å². The monoisotopic (exact) mass is 338 g/mol. The summed E-state index contributed by atoms with van der Waals surface area (Å²) in [6.45, 7) is 6.74. The average Bonchev–Trinajstić information content (AvgIpc) is 2.61. The fourth-order valence-corrected chi connectivity index (χ4v) is 3.52. The minimum atomic E-state index is -0.458. The van der Waals surface area contributed by atoms with Crippen LogP contribution < -0.4 is 10.6 Å². The number of nitrogens with one attached hydrogen (secondary N) is 2. The summed E-state index contributed by atoms with van der Waals surface area (Å²) in [6.07, 6.45) is 5.60. The van der Waals surface area contributed by atoms with E-state index in [9.17, 15) is 14.4 Å². The molecule has 0 bridgehead atoms. The van der Waals surface area contributed by atoms with Crippen LogP contribution in [0.25, 0.3) is 0 Å². The Labute approximate surface area is 144 Å². The largest absolute Gasteiger partial charge is 0.340 e. The third-order valence-electron chi connectivity index (χ3n) is 5.08. The maximum absolute atomic E-state index is 12.6. The highest BCUT2D eigenvalue weighted by atomic mass is 16.2. The molecule has 0 aromatic carbocycles. The molecule has 2 aliphatic rings. The quantitative estimate of drug-likeness (QED) is 0.799. The van der Waals surface area contributed by atoms with Crippen LogP contribution in [0, 0.1) is 5.92 Å². The second-order valence-corrected chi connectivity index (χ2v) is 6.72. The van der Waals surface area contributed by atoms with Crippen molar-refractivity contribution in [1.82, 2.24) is 20.4 Å². The van der Waals surface area contributed by atoms with E-state index in [-0.39, 0.29) is 23.8 Å². The maximum Gasteiger partial charge on any atom is 0.321 e. The molecule has 1 atom stereocenters. The van der Waals surface area contributed by atoms with Crippen LogP contribution in [0.15, 0.2) is 0 Å². The lowest BCUT2D eigenvalue weighted by Gasteiger charge is -2.39. The summed E-state index contributed by atoms with van der Waals surface area (Å²) >= 11 is 0. The second kappa shape index (κ2) is 9.01. The number of carbonyl (C=O) groups is 3. The summed E-state index contributed by atoms with van der Waals surface area (Å²) in [5.74, 6) is 0.186. The maximum atomic E-state index is 12.6. The van der Waals surface area contributed by atoms with E-state index in [1.54, 1.807) is 13.8 Å². The molecular weight excluding hydrogens is 308 g/mol. The van der Waals surface area contributed by atoms with Gasteiger partial charge in [0.25, 0.3) is 0 Å². The van der Waals surface area contributed by atoms with Crippen molar-refractivity contribution in [3.63, 3.8) is 0 Å². The van der Waals surface area contributed by atoms with E-state index in [4.69, 9.17) is 0 Å². The van der Waals surface area contributed by atoms with E-state index in [0.29, 0.717) is 32.7 Å². The van der Waals surface area contributed by atoms with E-state index in [0.717, 1.165) is 25.7 Å². The summed E-state index contributed by atoms with van der Waals surface area (Å²) in [6, 6.07) is -0.833. The molecule has 24 heavy (non-hydrogen) atoms. The fraction of sp³-hybridized carbons (Fsp3) is 0.824. The summed E-state index contributed by atoms with van der Waals surface area (Å²) in [5.41, 5.74) is 0. The summed E-state index contributed by atoms with van der Waals surface area (Å²) in [4.78, 5) is 40.1. The van der Waals surface area contributed by atoms with Gasteiger partial charge in [-0.2, -0.15) is 0 Å². The molecule has 0 radical (unpaired) electrons. The van der Waals surface area contributed by atoms with Crippen molar-refractivity contribution >= 4 is 17.8 Å². The van der Waals surface area contributed by atoms with E-state index in [1.807, 2.05) is 9.80 Å². The predicted molar refractivity (Wildman–Crippen MR) is 91.4 cm³/mol. The summed E-state index contributed by atoms with van der Waals surface area (Å²) < 4.78 is 0. The molecule has 0 aromatic heterocycles. The van der Waals surface area contributed by atoms with Gasteiger partial charge >= 0.3 is 6.03 Å². The van der Waals surface area contributed by atoms with Gasteiger partial charge in [0, 0.05) is 38.6 Å². The molecule has 2 fully saturated rings. The van der Waals surface area contributed by atoms with Crippen LogP contribution in [0.1, 0.15) is 46.0 Å². The predicted octanol–water partition coefficient (Wildman–Crippen LogP) is 0.945. The van der Waals surface area contributed by atoms with Gasteiger partial charge in [-0.25, -0.2) is 4.79 Å². The van der Waals surface area contributed by atoms with Gasteiger partial charge in [-0.15, -0.1) is 0 Å². The Morgan fingerprint density at radius 2 is 1.67 bits per heavy atom.